The van der Waals surface area contributed by atoms with Crippen molar-refractivity contribution < 1.29 is 0 Å². The van der Waals surface area contributed by atoms with Crippen LogP contribution in [0, 0.1) is 0 Å². The molecule has 1 saturated heterocycles. The maximum atomic E-state index is 5.99. The molecule has 0 spiro atoms. The number of rotatable bonds is 3. The Labute approximate surface area is 110 Å². The summed E-state index contributed by atoms with van der Waals surface area (Å²) in [5.74, 6) is 0.872. The lowest BCUT2D eigenvalue weighted by molar-refractivity contribution is 0.575. The number of benzene rings is 1. The zero-order valence-electron chi connectivity index (χ0n) is 9.88. The third kappa shape index (κ3) is 2.37. The molecule has 1 aliphatic rings. The molecule has 1 atom stereocenters. The van der Waals surface area contributed by atoms with Crippen molar-refractivity contribution in [2.24, 2.45) is 0 Å². The molecule has 1 aromatic carbocycles. The molecule has 2 heterocycles. The van der Waals surface area contributed by atoms with Crippen LogP contribution in [0.2, 0.25) is 5.02 Å². The first-order valence-corrected chi connectivity index (χ1v) is 6.47. The molecule has 3 rings (SSSR count). The van der Waals surface area contributed by atoms with E-state index >= 15 is 0 Å². The minimum absolute atomic E-state index is 0.480. The zero-order chi connectivity index (χ0) is 12.4. The van der Waals surface area contributed by atoms with Crippen LogP contribution in [0.4, 0.5) is 0 Å². The van der Waals surface area contributed by atoms with Gasteiger partial charge in [-0.05, 0) is 48.0 Å². The van der Waals surface area contributed by atoms with Gasteiger partial charge in [0.1, 0.15) is 0 Å². The van der Waals surface area contributed by atoms with Gasteiger partial charge in [0.2, 0.25) is 0 Å². The molecule has 1 aliphatic heterocycles. The molecule has 94 valence electrons. The summed E-state index contributed by atoms with van der Waals surface area (Å²) >= 11 is 5.99. The number of nitrogens with one attached hydrogen (secondary N) is 1. The predicted molar refractivity (Wildman–Crippen MR) is 68.9 cm³/mol. The molecule has 0 bridgehead atoms. The Morgan fingerprint density at radius 2 is 2.39 bits per heavy atom. The number of aromatic nitrogens is 4. The van der Waals surface area contributed by atoms with Crippen LogP contribution in [0.5, 0.6) is 0 Å². The quantitative estimate of drug-likeness (QED) is 0.914. The second-order valence-corrected chi connectivity index (χ2v) is 4.92. The summed E-state index contributed by atoms with van der Waals surface area (Å²) in [7, 11) is 0. The maximum absolute atomic E-state index is 5.99. The summed E-state index contributed by atoms with van der Waals surface area (Å²) in [6.07, 6.45) is 3.26. The molecule has 0 amide bonds. The van der Waals surface area contributed by atoms with Crippen LogP contribution in [0.3, 0.4) is 0 Å². The Hall–Kier alpha value is -1.46. The SMILES string of the molecule is Clc1cccc(-n2nnnc2CC2CCCN2)c1. The fourth-order valence-corrected chi connectivity index (χ4v) is 2.48. The lowest BCUT2D eigenvalue weighted by Gasteiger charge is -2.09. The largest absolute Gasteiger partial charge is 0.314 e. The minimum atomic E-state index is 0.480. The van der Waals surface area contributed by atoms with Gasteiger partial charge in [0.05, 0.1) is 5.69 Å². The second-order valence-electron chi connectivity index (χ2n) is 4.48. The summed E-state index contributed by atoms with van der Waals surface area (Å²) in [6, 6.07) is 8.04. The Kier molecular flexibility index (Phi) is 3.25. The zero-order valence-corrected chi connectivity index (χ0v) is 10.6. The monoisotopic (exact) mass is 263 g/mol. The first-order chi connectivity index (χ1) is 8.83. The molecular weight excluding hydrogens is 250 g/mol. The van der Waals surface area contributed by atoms with Crippen molar-refractivity contribution in [3.8, 4) is 5.69 Å². The maximum Gasteiger partial charge on any atom is 0.158 e. The van der Waals surface area contributed by atoms with E-state index in [-0.39, 0.29) is 0 Å². The second kappa shape index (κ2) is 5.04. The molecule has 6 heteroatoms. The van der Waals surface area contributed by atoms with E-state index in [1.165, 1.54) is 12.8 Å². The molecule has 5 nitrogen and oxygen atoms in total. The Morgan fingerprint density at radius 3 is 3.17 bits per heavy atom. The van der Waals surface area contributed by atoms with Crippen LogP contribution in [0.1, 0.15) is 18.7 Å². The van der Waals surface area contributed by atoms with Crippen molar-refractivity contribution in [2.75, 3.05) is 6.54 Å². The summed E-state index contributed by atoms with van der Waals surface area (Å²) < 4.78 is 1.76. The van der Waals surface area contributed by atoms with Crippen LogP contribution in [0.15, 0.2) is 24.3 Å². The van der Waals surface area contributed by atoms with Gasteiger partial charge in [-0.3, -0.25) is 0 Å². The molecule has 18 heavy (non-hydrogen) atoms. The van der Waals surface area contributed by atoms with Crippen LogP contribution in [0.25, 0.3) is 5.69 Å². The number of halogens is 1. The molecule has 1 fully saturated rings. The molecule has 0 radical (unpaired) electrons. The third-order valence-corrected chi connectivity index (χ3v) is 3.41. The van der Waals surface area contributed by atoms with E-state index in [1.54, 1.807) is 4.68 Å². The number of tetrazole rings is 1. The average molecular weight is 264 g/mol. The lowest BCUT2D eigenvalue weighted by Crippen LogP contribution is -2.25. The summed E-state index contributed by atoms with van der Waals surface area (Å²) in [5, 5.41) is 16.0. The van der Waals surface area contributed by atoms with Gasteiger partial charge < -0.3 is 5.32 Å². The Balaban J connectivity index is 1.86. The lowest BCUT2D eigenvalue weighted by atomic mass is 10.1. The Bertz CT molecular complexity index is 533. The van der Waals surface area contributed by atoms with Crippen molar-refractivity contribution in [3.05, 3.63) is 35.1 Å². The van der Waals surface area contributed by atoms with E-state index in [1.807, 2.05) is 24.3 Å². The molecule has 0 saturated carbocycles. The molecule has 1 unspecified atom stereocenters. The summed E-state index contributed by atoms with van der Waals surface area (Å²) in [5.41, 5.74) is 0.903. The first kappa shape index (κ1) is 11.6. The highest BCUT2D eigenvalue weighted by Gasteiger charge is 2.18. The van der Waals surface area contributed by atoms with Gasteiger partial charge in [-0.2, -0.15) is 4.68 Å². The highest BCUT2D eigenvalue weighted by atomic mass is 35.5. The van der Waals surface area contributed by atoms with E-state index in [2.05, 4.69) is 20.8 Å². The molecule has 2 aromatic rings. The Morgan fingerprint density at radius 1 is 1.44 bits per heavy atom. The minimum Gasteiger partial charge on any atom is -0.314 e. The highest BCUT2D eigenvalue weighted by molar-refractivity contribution is 6.30. The summed E-state index contributed by atoms with van der Waals surface area (Å²) in [4.78, 5) is 0. The van der Waals surface area contributed by atoms with Gasteiger partial charge in [-0.25, -0.2) is 0 Å². The van der Waals surface area contributed by atoms with Gasteiger partial charge in [0, 0.05) is 17.5 Å². The third-order valence-electron chi connectivity index (χ3n) is 3.18. The number of nitrogens with zero attached hydrogens (tertiary/aromatic N) is 4. The molecular formula is C12H14ClN5. The molecule has 0 aliphatic carbocycles. The van der Waals surface area contributed by atoms with E-state index in [0.717, 1.165) is 24.5 Å². The van der Waals surface area contributed by atoms with Crippen molar-refractivity contribution in [2.45, 2.75) is 25.3 Å². The van der Waals surface area contributed by atoms with Crippen LogP contribution < -0.4 is 5.32 Å². The van der Waals surface area contributed by atoms with E-state index < -0.39 is 0 Å². The average Bonchev–Trinajstić information content (AvgIpc) is 3.01. The predicted octanol–water partition coefficient (Wildman–Crippen LogP) is 1.61. The van der Waals surface area contributed by atoms with Crippen LogP contribution >= 0.6 is 11.6 Å². The van der Waals surface area contributed by atoms with Gasteiger partial charge in [-0.15, -0.1) is 5.10 Å². The van der Waals surface area contributed by atoms with Crippen LogP contribution in [-0.2, 0) is 6.42 Å². The number of hydrogen-bond acceptors (Lipinski definition) is 4. The van der Waals surface area contributed by atoms with Gasteiger partial charge in [0.25, 0.3) is 0 Å². The van der Waals surface area contributed by atoms with Crippen LogP contribution in [-0.4, -0.2) is 32.8 Å². The van der Waals surface area contributed by atoms with Crippen molar-refractivity contribution in [1.29, 1.82) is 0 Å². The van der Waals surface area contributed by atoms with Gasteiger partial charge in [-0.1, -0.05) is 17.7 Å². The van der Waals surface area contributed by atoms with Crippen molar-refractivity contribution >= 4 is 11.6 Å². The normalized spacial score (nSPS) is 19.3. The van der Waals surface area contributed by atoms with Gasteiger partial charge >= 0.3 is 0 Å². The van der Waals surface area contributed by atoms with Crippen molar-refractivity contribution in [1.82, 2.24) is 25.5 Å². The first-order valence-electron chi connectivity index (χ1n) is 6.09. The molecule has 1 aromatic heterocycles. The smallest absolute Gasteiger partial charge is 0.158 e. The van der Waals surface area contributed by atoms with Gasteiger partial charge in [0.15, 0.2) is 5.82 Å². The van der Waals surface area contributed by atoms with E-state index in [9.17, 15) is 0 Å². The van der Waals surface area contributed by atoms with Crippen molar-refractivity contribution in [3.63, 3.8) is 0 Å². The standard InChI is InChI=1S/C12H14ClN5/c13-9-3-1-5-11(7-9)18-12(15-16-17-18)8-10-4-2-6-14-10/h1,3,5,7,10,14H,2,4,6,8H2. The molecule has 1 N–H and O–H groups in total. The fraction of sp³-hybridized carbons (Fsp3) is 0.417. The van der Waals surface area contributed by atoms with E-state index in [4.69, 9.17) is 11.6 Å². The van der Waals surface area contributed by atoms with E-state index in [0.29, 0.717) is 11.1 Å². The summed E-state index contributed by atoms with van der Waals surface area (Å²) in [6.45, 7) is 1.09. The number of hydrogen-bond donors (Lipinski definition) is 1. The fourth-order valence-electron chi connectivity index (χ4n) is 2.29. The topological polar surface area (TPSA) is 55.6 Å². The highest BCUT2D eigenvalue weighted by Crippen LogP contribution is 2.16.